The molecule has 314 valence electrons. The Morgan fingerprint density at radius 1 is 0.818 bits per heavy atom. The highest BCUT2D eigenvalue weighted by Gasteiger charge is 2.67. The second-order valence-corrected chi connectivity index (χ2v) is 19.8. The maximum atomic E-state index is 11.3. The quantitative estimate of drug-likeness (QED) is 0.196. The molecule has 3 unspecified atom stereocenters. The summed E-state index contributed by atoms with van der Waals surface area (Å²) < 4.78 is 37.1. The lowest BCUT2D eigenvalue weighted by atomic mass is 9.41. The van der Waals surface area contributed by atoms with Crippen LogP contribution >= 0.6 is 0 Å². The van der Waals surface area contributed by atoms with E-state index in [-0.39, 0.29) is 46.1 Å². The largest absolute Gasteiger partial charge is 0.394 e. The van der Waals surface area contributed by atoms with E-state index in [1.807, 2.05) is 0 Å². The third-order valence-corrected chi connectivity index (χ3v) is 16.5. The summed E-state index contributed by atoms with van der Waals surface area (Å²) >= 11 is 0. The van der Waals surface area contributed by atoms with E-state index in [2.05, 4.69) is 60.6 Å². The zero-order valence-electron chi connectivity index (χ0n) is 34.5. The van der Waals surface area contributed by atoms with Crippen LogP contribution < -0.4 is 0 Å². The molecule has 3 heterocycles. The van der Waals surface area contributed by atoms with Gasteiger partial charge in [0.05, 0.1) is 24.9 Å². The summed E-state index contributed by atoms with van der Waals surface area (Å²) in [6, 6.07) is 0. The smallest absolute Gasteiger partial charge is 0.187 e. The molecule has 3 saturated carbocycles. The third kappa shape index (κ3) is 6.74. The van der Waals surface area contributed by atoms with Crippen molar-refractivity contribution in [2.75, 3.05) is 13.7 Å². The standard InChI is InChI=1S/C43H70O12/c1-21(2)18-23-19-24(37(50-9)52-23)25-12-16-43(8)27-10-11-29-40(4,5)30(14-15-41(29,6)26(27)13-17-42(25,43)7)54-39-36(34(48)32(46)28(20-44)53-39)55-38-35(49)33(47)31(45)22(3)51-38/h10,18,22-26,28-39,44-49H,11-17,19-20H2,1-9H3/t22-,23?,24-,25-,26?,28+,29?,30-,31-,32+,33+,34-,35+,36+,37+,38-,39-,41+,42-,43+/m0/s1. The van der Waals surface area contributed by atoms with Gasteiger partial charge in [-0.05, 0) is 112 Å². The van der Waals surface area contributed by atoms with E-state index in [1.165, 1.54) is 18.4 Å². The van der Waals surface area contributed by atoms with Gasteiger partial charge in [-0.1, -0.05) is 57.9 Å². The van der Waals surface area contributed by atoms with Gasteiger partial charge in [0, 0.05) is 13.0 Å². The number of fused-ring (bicyclic) bond motifs is 5. The molecule has 7 aliphatic rings. The molecule has 7 rings (SSSR count). The predicted octanol–water partition coefficient (Wildman–Crippen LogP) is 3.97. The zero-order valence-corrected chi connectivity index (χ0v) is 34.5. The van der Waals surface area contributed by atoms with Crippen LogP contribution in [0.1, 0.15) is 107 Å². The first-order valence-electron chi connectivity index (χ1n) is 21.0. The zero-order chi connectivity index (χ0) is 40.0. The van der Waals surface area contributed by atoms with Gasteiger partial charge in [-0.3, -0.25) is 0 Å². The molecule has 3 saturated heterocycles. The molecule has 0 aromatic carbocycles. The number of aliphatic hydroxyl groups excluding tert-OH is 6. The van der Waals surface area contributed by atoms with E-state index in [1.54, 1.807) is 19.6 Å². The van der Waals surface area contributed by atoms with Crippen molar-refractivity contribution in [3.8, 4) is 0 Å². The molecule has 12 heteroatoms. The highest BCUT2D eigenvalue weighted by atomic mass is 16.8. The van der Waals surface area contributed by atoms with Gasteiger partial charge in [-0.2, -0.15) is 0 Å². The van der Waals surface area contributed by atoms with Gasteiger partial charge in [0.25, 0.3) is 0 Å². The van der Waals surface area contributed by atoms with E-state index < -0.39 is 68.0 Å². The van der Waals surface area contributed by atoms with Crippen molar-refractivity contribution >= 4 is 0 Å². The number of hydrogen-bond acceptors (Lipinski definition) is 12. The second-order valence-electron chi connectivity index (χ2n) is 19.8. The summed E-state index contributed by atoms with van der Waals surface area (Å²) in [7, 11) is 1.79. The Morgan fingerprint density at radius 3 is 2.22 bits per heavy atom. The minimum Gasteiger partial charge on any atom is -0.394 e. The van der Waals surface area contributed by atoms with Crippen molar-refractivity contribution in [3.05, 3.63) is 23.3 Å². The first kappa shape index (κ1) is 42.1. The van der Waals surface area contributed by atoms with Crippen LogP contribution in [0.2, 0.25) is 0 Å². The molecule has 0 radical (unpaired) electrons. The van der Waals surface area contributed by atoms with Gasteiger partial charge < -0.3 is 59.1 Å². The molecule has 6 N–H and O–H groups in total. The van der Waals surface area contributed by atoms with Crippen LogP contribution in [0.4, 0.5) is 0 Å². The minimum atomic E-state index is -1.62. The van der Waals surface area contributed by atoms with Crippen molar-refractivity contribution in [2.45, 2.75) is 187 Å². The topological polar surface area (TPSA) is 177 Å². The molecule has 20 atom stereocenters. The molecular weight excluding hydrogens is 708 g/mol. The number of rotatable bonds is 8. The van der Waals surface area contributed by atoms with E-state index >= 15 is 0 Å². The van der Waals surface area contributed by atoms with Crippen molar-refractivity contribution in [3.63, 3.8) is 0 Å². The highest BCUT2D eigenvalue weighted by molar-refractivity contribution is 5.33. The van der Waals surface area contributed by atoms with Gasteiger partial charge in [0.2, 0.25) is 0 Å². The van der Waals surface area contributed by atoms with Crippen LogP contribution in [0, 0.1) is 45.3 Å². The van der Waals surface area contributed by atoms with Crippen LogP contribution in [0.15, 0.2) is 23.3 Å². The summed E-state index contributed by atoms with van der Waals surface area (Å²) in [5.41, 5.74) is 2.85. The number of ether oxygens (including phenoxy) is 6. The SMILES string of the molecule is CO[C@@H]1OC(C=C(C)C)C[C@H]1[C@@H]1CC[C@]2(C)C3=CCC4C(C)(C)[C@@H](O[C@@H]5O[C@H](CO)[C@@H](O)[C@H](O)[C@H]5O[C@@H]5O[C@@H](C)[C@H](O)[C@@H](O)[C@H]5O)CC[C@]4(C)C3CC[C@@]12C. The molecule has 12 nitrogen and oxygen atoms in total. The van der Waals surface area contributed by atoms with Crippen LogP contribution in [-0.2, 0) is 28.4 Å². The Hall–Kier alpha value is -1.00. The van der Waals surface area contributed by atoms with Gasteiger partial charge >= 0.3 is 0 Å². The fourth-order valence-electron chi connectivity index (χ4n) is 13.2. The fourth-order valence-corrected chi connectivity index (χ4v) is 13.2. The van der Waals surface area contributed by atoms with Crippen molar-refractivity contribution in [2.24, 2.45) is 45.3 Å². The highest BCUT2D eigenvalue weighted by Crippen LogP contribution is 2.74. The van der Waals surface area contributed by atoms with E-state index in [0.29, 0.717) is 17.8 Å². The molecule has 0 aromatic heterocycles. The van der Waals surface area contributed by atoms with Crippen LogP contribution in [-0.4, -0.2) is 124 Å². The molecule has 4 aliphatic carbocycles. The van der Waals surface area contributed by atoms with Gasteiger partial charge in [-0.25, -0.2) is 0 Å². The maximum Gasteiger partial charge on any atom is 0.187 e. The lowest BCUT2D eigenvalue weighted by Crippen LogP contribution is -2.65. The van der Waals surface area contributed by atoms with Crippen LogP contribution in [0.3, 0.4) is 0 Å². The maximum absolute atomic E-state index is 11.3. The number of hydrogen-bond donors (Lipinski definition) is 6. The van der Waals surface area contributed by atoms with Crippen molar-refractivity contribution < 1.29 is 59.1 Å². The first-order valence-corrected chi connectivity index (χ1v) is 21.0. The van der Waals surface area contributed by atoms with Gasteiger partial charge in [0.15, 0.2) is 18.9 Å². The number of allylic oxidation sites excluding steroid dienone is 3. The average Bonchev–Trinajstić information content (AvgIpc) is 3.66. The fraction of sp³-hybridized carbons (Fsp3) is 0.907. The van der Waals surface area contributed by atoms with E-state index in [4.69, 9.17) is 28.4 Å². The molecule has 6 fully saturated rings. The second kappa shape index (κ2) is 15.2. The van der Waals surface area contributed by atoms with E-state index in [9.17, 15) is 30.6 Å². The Labute approximate surface area is 327 Å². The minimum absolute atomic E-state index is 0.0375. The molecular formula is C43H70O12. The van der Waals surface area contributed by atoms with Crippen LogP contribution in [0.5, 0.6) is 0 Å². The van der Waals surface area contributed by atoms with Gasteiger partial charge in [0.1, 0.15) is 42.7 Å². The monoisotopic (exact) mass is 778 g/mol. The molecule has 3 aliphatic heterocycles. The van der Waals surface area contributed by atoms with Crippen molar-refractivity contribution in [1.82, 2.24) is 0 Å². The first-order chi connectivity index (χ1) is 25.8. The summed E-state index contributed by atoms with van der Waals surface area (Å²) in [4.78, 5) is 0. The predicted molar refractivity (Wildman–Crippen MR) is 202 cm³/mol. The summed E-state index contributed by atoms with van der Waals surface area (Å²) in [6.07, 6.45) is -0.821. The molecule has 0 amide bonds. The van der Waals surface area contributed by atoms with Crippen molar-refractivity contribution in [1.29, 1.82) is 0 Å². The normalized spacial score (nSPS) is 53.5. The summed E-state index contributed by atoms with van der Waals surface area (Å²) in [5.74, 6) is 1.62. The molecule has 0 bridgehead atoms. The van der Waals surface area contributed by atoms with E-state index in [0.717, 1.165) is 38.5 Å². The number of methoxy groups -OCH3 is 1. The lowest BCUT2D eigenvalue weighted by molar-refractivity contribution is -0.375. The molecule has 55 heavy (non-hydrogen) atoms. The molecule has 0 aromatic rings. The molecule has 0 spiro atoms. The Balaban J connectivity index is 1.11. The van der Waals surface area contributed by atoms with Gasteiger partial charge in [-0.15, -0.1) is 0 Å². The van der Waals surface area contributed by atoms with Crippen LogP contribution in [0.25, 0.3) is 0 Å². The Morgan fingerprint density at radius 2 is 1.55 bits per heavy atom. The summed E-state index contributed by atoms with van der Waals surface area (Å²) in [5, 5.41) is 63.6. The Kier molecular flexibility index (Phi) is 11.7. The third-order valence-electron chi connectivity index (χ3n) is 16.5. The Bertz CT molecular complexity index is 1450. The lowest BCUT2D eigenvalue weighted by Gasteiger charge is -2.65. The average molecular weight is 779 g/mol. The number of aliphatic hydroxyl groups is 6. The summed E-state index contributed by atoms with van der Waals surface area (Å²) in [6.45, 7) is 17.4.